The van der Waals surface area contributed by atoms with Crippen LogP contribution in [0.5, 0.6) is 0 Å². The largest absolute Gasteiger partial charge is 0.466 e. The Hall–Kier alpha value is -1.05. The van der Waals surface area contributed by atoms with Gasteiger partial charge in [0.1, 0.15) is 0 Å². The molecule has 0 heterocycles. The quantitative estimate of drug-likeness (QED) is 0.250. The van der Waals surface area contributed by atoms with Crippen molar-refractivity contribution in [3.05, 3.63) is 24.3 Å². The summed E-state index contributed by atoms with van der Waals surface area (Å²) in [7, 11) is 0. The van der Waals surface area contributed by atoms with E-state index in [4.69, 9.17) is 4.74 Å². The summed E-state index contributed by atoms with van der Waals surface area (Å²) in [6.45, 7) is 4.25. The first-order valence-electron chi connectivity index (χ1n) is 8.22. The molecule has 0 atom stereocenters. The summed E-state index contributed by atoms with van der Waals surface area (Å²) >= 11 is 0. The topological polar surface area (TPSA) is 26.3 Å². The second-order valence-electron chi connectivity index (χ2n) is 5.25. The van der Waals surface area contributed by atoms with E-state index in [9.17, 15) is 4.79 Å². The van der Waals surface area contributed by atoms with E-state index in [-0.39, 0.29) is 5.97 Å². The molecule has 0 rings (SSSR count). The molecule has 20 heavy (non-hydrogen) atoms. The van der Waals surface area contributed by atoms with Gasteiger partial charge in [-0.3, -0.25) is 4.79 Å². The van der Waals surface area contributed by atoms with Crippen molar-refractivity contribution in [3.8, 4) is 0 Å². The van der Waals surface area contributed by atoms with Crippen LogP contribution >= 0.6 is 0 Å². The Bertz CT molecular complexity index is 267. The van der Waals surface area contributed by atoms with Gasteiger partial charge < -0.3 is 4.74 Å². The van der Waals surface area contributed by atoms with Crippen molar-refractivity contribution in [2.24, 2.45) is 0 Å². The molecule has 0 amide bonds. The van der Waals surface area contributed by atoms with Crippen LogP contribution in [0.15, 0.2) is 24.3 Å². The Kier molecular flexibility index (Phi) is 15.2. The minimum absolute atomic E-state index is 0.164. The molecule has 0 radical (unpaired) electrons. The first-order valence-corrected chi connectivity index (χ1v) is 8.22. The predicted molar refractivity (Wildman–Crippen MR) is 86.8 cm³/mol. The Morgan fingerprint density at radius 3 is 2.00 bits per heavy atom. The van der Waals surface area contributed by atoms with Crippen molar-refractivity contribution in [2.75, 3.05) is 6.61 Å². The van der Waals surface area contributed by atoms with E-state index < -0.39 is 0 Å². The van der Waals surface area contributed by atoms with Crippen molar-refractivity contribution in [2.45, 2.75) is 78.1 Å². The SMILES string of the molecule is CCC/C=C\C=C/CCCCCCCCCOC(C)=O. The van der Waals surface area contributed by atoms with Crippen LogP contribution < -0.4 is 0 Å². The average Bonchev–Trinajstić information content (AvgIpc) is 2.43. The molecular formula is C18H32O2. The summed E-state index contributed by atoms with van der Waals surface area (Å²) in [4.78, 5) is 10.5. The number of carbonyl (C=O) groups excluding carboxylic acids is 1. The van der Waals surface area contributed by atoms with Gasteiger partial charge in [-0.2, -0.15) is 0 Å². The van der Waals surface area contributed by atoms with E-state index in [2.05, 4.69) is 31.2 Å². The lowest BCUT2D eigenvalue weighted by Crippen LogP contribution is -1.99. The van der Waals surface area contributed by atoms with Crippen LogP contribution in [-0.4, -0.2) is 12.6 Å². The number of unbranched alkanes of at least 4 members (excludes halogenated alkanes) is 8. The summed E-state index contributed by atoms with van der Waals surface area (Å²) < 4.78 is 4.90. The van der Waals surface area contributed by atoms with Gasteiger partial charge in [-0.1, -0.05) is 69.8 Å². The Balaban J connectivity index is 3.11. The van der Waals surface area contributed by atoms with Gasteiger partial charge in [0, 0.05) is 6.92 Å². The lowest BCUT2D eigenvalue weighted by Gasteiger charge is -2.02. The zero-order valence-electron chi connectivity index (χ0n) is 13.4. The van der Waals surface area contributed by atoms with Gasteiger partial charge in [-0.15, -0.1) is 0 Å². The van der Waals surface area contributed by atoms with E-state index in [0.29, 0.717) is 6.61 Å². The highest BCUT2D eigenvalue weighted by Crippen LogP contribution is 2.09. The molecular weight excluding hydrogens is 248 g/mol. The molecule has 0 aromatic carbocycles. The highest BCUT2D eigenvalue weighted by molar-refractivity contribution is 5.65. The van der Waals surface area contributed by atoms with Gasteiger partial charge >= 0.3 is 5.97 Å². The van der Waals surface area contributed by atoms with E-state index in [1.165, 1.54) is 64.7 Å². The van der Waals surface area contributed by atoms with Crippen LogP contribution in [0, 0.1) is 0 Å². The second kappa shape index (κ2) is 16.0. The van der Waals surface area contributed by atoms with Crippen LogP contribution in [-0.2, 0) is 9.53 Å². The van der Waals surface area contributed by atoms with Gasteiger partial charge in [-0.25, -0.2) is 0 Å². The molecule has 0 aromatic rings. The molecule has 0 bridgehead atoms. The maximum Gasteiger partial charge on any atom is 0.302 e. The van der Waals surface area contributed by atoms with Gasteiger partial charge in [-0.05, 0) is 25.7 Å². The minimum atomic E-state index is -0.164. The zero-order chi connectivity index (χ0) is 14.9. The number of hydrogen-bond acceptors (Lipinski definition) is 2. The molecule has 0 N–H and O–H groups in total. The standard InChI is InChI=1S/C18H32O2/c1-3-4-5-6-7-8-9-10-11-12-13-14-15-16-17-20-18(2)19/h5-8H,3-4,9-17H2,1-2H3/b6-5-,8-7-. The van der Waals surface area contributed by atoms with Crippen molar-refractivity contribution in [1.29, 1.82) is 0 Å². The van der Waals surface area contributed by atoms with E-state index in [1.807, 2.05) is 0 Å². The first-order chi connectivity index (χ1) is 9.77. The van der Waals surface area contributed by atoms with Crippen molar-refractivity contribution in [3.63, 3.8) is 0 Å². The van der Waals surface area contributed by atoms with E-state index >= 15 is 0 Å². The fourth-order valence-electron chi connectivity index (χ4n) is 1.98. The monoisotopic (exact) mass is 280 g/mol. The fraction of sp³-hybridized carbons (Fsp3) is 0.722. The van der Waals surface area contributed by atoms with Crippen LogP contribution in [0.2, 0.25) is 0 Å². The molecule has 0 aromatic heterocycles. The third-order valence-corrected chi connectivity index (χ3v) is 3.16. The summed E-state index contributed by atoms with van der Waals surface area (Å²) in [5.74, 6) is -0.164. The number of ether oxygens (including phenoxy) is 1. The lowest BCUT2D eigenvalue weighted by atomic mass is 10.1. The first kappa shape index (κ1) is 18.9. The third kappa shape index (κ3) is 16.9. The van der Waals surface area contributed by atoms with Gasteiger partial charge in [0.05, 0.1) is 6.61 Å². The molecule has 0 aliphatic heterocycles. The Morgan fingerprint density at radius 2 is 1.40 bits per heavy atom. The van der Waals surface area contributed by atoms with Gasteiger partial charge in [0.15, 0.2) is 0 Å². The molecule has 0 aliphatic carbocycles. The molecule has 0 spiro atoms. The number of esters is 1. The molecule has 0 saturated carbocycles. The maximum atomic E-state index is 10.5. The average molecular weight is 280 g/mol. The number of hydrogen-bond donors (Lipinski definition) is 0. The lowest BCUT2D eigenvalue weighted by molar-refractivity contribution is -0.141. The molecule has 2 heteroatoms. The summed E-state index contributed by atoms with van der Waals surface area (Å²) in [6.07, 6.45) is 21.1. The maximum absolute atomic E-state index is 10.5. The third-order valence-electron chi connectivity index (χ3n) is 3.16. The molecule has 116 valence electrons. The van der Waals surface area contributed by atoms with Gasteiger partial charge in [0.25, 0.3) is 0 Å². The molecule has 0 saturated heterocycles. The Labute approximate surface area is 125 Å². The van der Waals surface area contributed by atoms with Crippen molar-refractivity contribution >= 4 is 5.97 Å². The second-order valence-corrected chi connectivity index (χ2v) is 5.25. The molecule has 0 aliphatic rings. The normalized spacial score (nSPS) is 11.5. The van der Waals surface area contributed by atoms with Crippen LogP contribution in [0.1, 0.15) is 78.1 Å². The summed E-state index contributed by atoms with van der Waals surface area (Å²) in [5, 5.41) is 0. The number of allylic oxidation sites excluding steroid dienone is 4. The zero-order valence-corrected chi connectivity index (χ0v) is 13.4. The van der Waals surface area contributed by atoms with Gasteiger partial charge in [0.2, 0.25) is 0 Å². The van der Waals surface area contributed by atoms with Crippen molar-refractivity contribution in [1.82, 2.24) is 0 Å². The Morgan fingerprint density at radius 1 is 0.850 bits per heavy atom. The molecule has 0 fully saturated rings. The highest BCUT2D eigenvalue weighted by atomic mass is 16.5. The summed E-state index contributed by atoms with van der Waals surface area (Å²) in [5.41, 5.74) is 0. The number of rotatable bonds is 13. The van der Waals surface area contributed by atoms with Crippen LogP contribution in [0.4, 0.5) is 0 Å². The fourth-order valence-corrected chi connectivity index (χ4v) is 1.98. The molecule has 0 unspecified atom stereocenters. The number of carbonyl (C=O) groups is 1. The van der Waals surface area contributed by atoms with E-state index in [0.717, 1.165) is 6.42 Å². The smallest absolute Gasteiger partial charge is 0.302 e. The minimum Gasteiger partial charge on any atom is -0.466 e. The van der Waals surface area contributed by atoms with Crippen LogP contribution in [0.25, 0.3) is 0 Å². The predicted octanol–water partition coefficient (Wildman–Crippen LogP) is 5.58. The van der Waals surface area contributed by atoms with E-state index in [1.54, 1.807) is 0 Å². The molecule has 2 nitrogen and oxygen atoms in total. The van der Waals surface area contributed by atoms with Crippen LogP contribution in [0.3, 0.4) is 0 Å². The van der Waals surface area contributed by atoms with Crippen molar-refractivity contribution < 1.29 is 9.53 Å². The summed E-state index contributed by atoms with van der Waals surface area (Å²) in [6, 6.07) is 0. The highest BCUT2D eigenvalue weighted by Gasteiger charge is 1.94.